The average Bonchev–Trinajstić information content (AvgIpc) is 2.67. The molecule has 3 rings (SSSR count). The van der Waals surface area contributed by atoms with Gasteiger partial charge in [-0.15, -0.1) is 0 Å². The number of hydrogen-bond donors (Lipinski definition) is 2. The van der Waals surface area contributed by atoms with Gasteiger partial charge in [0, 0.05) is 23.2 Å². The molecule has 0 aliphatic carbocycles. The molecule has 0 fully saturated rings. The fourth-order valence-corrected chi connectivity index (χ4v) is 2.91. The van der Waals surface area contributed by atoms with E-state index in [4.69, 9.17) is 11.6 Å². The lowest BCUT2D eigenvalue weighted by Gasteiger charge is -2.08. The van der Waals surface area contributed by atoms with E-state index in [0.29, 0.717) is 17.7 Å². The molecule has 0 bridgehead atoms. The van der Waals surface area contributed by atoms with Gasteiger partial charge in [0.05, 0.1) is 17.7 Å². The number of benzene rings is 2. The number of H-pyrrole nitrogens is 1. The summed E-state index contributed by atoms with van der Waals surface area (Å²) in [5.74, 6) is -0.862. The Hall–Kier alpha value is -3.12. The van der Waals surface area contributed by atoms with Crippen LogP contribution in [-0.2, 0) is 16.0 Å². The molecule has 0 saturated heterocycles. The predicted molar refractivity (Wildman–Crippen MR) is 104 cm³/mol. The van der Waals surface area contributed by atoms with Crippen LogP contribution in [0, 0.1) is 0 Å². The van der Waals surface area contributed by atoms with Gasteiger partial charge in [0.15, 0.2) is 0 Å². The molecule has 0 radical (unpaired) electrons. The summed E-state index contributed by atoms with van der Waals surface area (Å²) in [6.07, 6.45) is 0.418. The number of nitrogens with one attached hydrogen (secondary N) is 2. The van der Waals surface area contributed by atoms with Crippen LogP contribution in [0.4, 0.5) is 5.69 Å². The molecule has 1 heterocycles. The zero-order valence-electron chi connectivity index (χ0n) is 14.5. The Kier molecular flexibility index (Phi) is 5.57. The molecule has 1 amide bonds. The SMILES string of the molecule is COC(=O)c1cc(NC(=O)CCc2cc3ccccc3[nH]c2=O)ccc1Cl. The van der Waals surface area contributed by atoms with Crippen molar-refractivity contribution in [3.63, 3.8) is 0 Å². The summed E-state index contributed by atoms with van der Waals surface area (Å²) in [5, 5.41) is 3.85. The molecule has 0 unspecified atom stereocenters. The van der Waals surface area contributed by atoms with E-state index in [9.17, 15) is 14.4 Å². The second-order valence-corrected chi connectivity index (χ2v) is 6.35. The van der Waals surface area contributed by atoms with Crippen molar-refractivity contribution in [1.82, 2.24) is 4.98 Å². The topological polar surface area (TPSA) is 88.3 Å². The van der Waals surface area contributed by atoms with E-state index in [1.54, 1.807) is 12.1 Å². The first kappa shape index (κ1) is 18.7. The molecule has 7 heteroatoms. The summed E-state index contributed by atoms with van der Waals surface area (Å²) >= 11 is 5.96. The van der Waals surface area contributed by atoms with Gasteiger partial charge in [-0.05, 0) is 42.1 Å². The lowest BCUT2D eigenvalue weighted by atomic mass is 10.1. The van der Waals surface area contributed by atoms with Crippen LogP contribution in [0.15, 0.2) is 53.3 Å². The molecular formula is C20H17ClN2O4. The lowest BCUT2D eigenvalue weighted by Crippen LogP contribution is -2.17. The Morgan fingerprint density at radius 3 is 2.70 bits per heavy atom. The van der Waals surface area contributed by atoms with Crippen LogP contribution in [0.5, 0.6) is 0 Å². The maximum Gasteiger partial charge on any atom is 0.339 e. The van der Waals surface area contributed by atoms with Crippen molar-refractivity contribution in [2.45, 2.75) is 12.8 Å². The number of anilines is 1. The molecule has 6 nitrogen and oxygen atoms in total. The van der Waals surface area contributed by atoms with E-state index < -0.39 is 5.97 Å². The second kappa shape index (κ2) is 8.05. The van der Waals surface area contributed by atoms with Crippen LogP contribution >= 0.6 is 11.6 Å². The molecule has 0 atom stereocenters. The fourth-order valence-electron chi connectivity index (χ4n) is 2.72. The number of carbonyl (C=O) groups is 2. The number of para-hydroxylation sites is 1. The molecule has 0 saturated carbocycles. The third-order valence-electron chi connectivity index (χ3n) is 4.11. The first-order chi connectivity index (χ1) is 13.0. The highest BCUT2D eigenvalue weighted by molar-refractivity contribution is 6.33. The monoisotopic (exact) mass is 384 g/mol. The number of rotatable bonds is 5. The molecule has 27 heavy (non-hydrogen) atoms. The van der Waals surface area contributed by atoms with Gasteiger partial charge >= 0.3 is 5.97 Å². The summed E-state index contributed by atoms with van der Waals surface area (Å²) in [5.41, 5.74) is 1.68. The molecule has 0 aliphatic heterocycles. The van der Waals surface area contributed by atoms with Crippen molar-refractivity contribution in [2.75, 3.05) is 12.4 Å². The number of ether oxygens (including phenoxy) is 1. The number of aromatic nitrogens is 1. The van der Waals surface area contributed by atoms with Gasteiger partial charge in [-0.2, -0.15) is 0 Å². The van der Waals surface area contributed by atoms with Crippen LogP contribution < -0.4 is 10.9 Å². The number of halogens is 1. The van der Waals surface area contributed by atoms with E-state index in [1.807, 2.05) is 24.3 Å². The molecule has 0 spiro atoms. The number of amides is 1. The number of carbonyl (C=O) groups excluding carboxylic acids is 2. The summed E-state index contributed by atoms with van der Waals surface area (Å²) < 4.78 is 4.66. The van der Waals surface area contributed by atoms with E-state index in [0.717, 1.165) is 10.9 Å². The Bertz CT molecular complexity index is 1080. The number of fused-ring (bicyclic) bond motifs is 1. The van der Waals surface area contributed by atoms with E-state index in [2.05, 4.69) is 15.0 Å². The van der Waals surface area contributed by atoms with Gasteiger partial charge in [-0.3, -0.25) is 9.59 Å². The molecular weight excluding hydrogens is 368 g/mol. The van der Waals surface area contributed by atoms with Gasteiger partial charge in [0.2, 0.25) is 5.91 Å². The highest BCUT2D eigenvalue weighted by Gasteiger charge is 2.13. The number of hydrogen-bond acceptors (Lipinski definition) is 4. The van der Waals surface area contributed by atoms with Crippen LogP contribution in [-0.4, -0.2) is 24.0 Å². The van der Waals surface area contributed by atoms with E-state index in [1.165, 1.54) is 19.2 Å². The largest absolute Gasteiger partial charge is 0.465 e. The van der Waals surface area contributed by atoms with E-state index in [-0.39, 0.29) is 28.5 Å². The smallest absolute Gasteiger partial charge is 0.339 e. The standard InChI is InChI=1S/C20H17ClN2O4/c1-27-20(26)15-11-14(7-8-16(15)21)22-18(24)9-6-13-10-12-4-2-3-5-17(12)23-19(13)25/h2-5,7-8,10-11H,6,9H2,1H3,(H,22,24)(H,23,25). The van der Waals surface area contributed by atoms with Crippen molar-refractivity contribution in [1.29, 1.82) is 0 Å². The molecule has 3 aromatic rings. The molecule has 2 aromatic carbocycles. The van der Waals surface area contributed by atoms with Crippen LogP contribution in [0.2, 0.25) is 5.02 Å². The van der Waals surface area contributed by atoms with Crippen LogP contribution in [0.25, 0.3) is 10.9 Å². The molecule has 2 N–H and O–H groups in total. The first-order valence-corrected chi connectivity index (χ1v) is 8.64. The maximum absolute atomic E-state index is 12.2. The normalized spacial score (nSPS) is 10.6. The van der Waals surface area contributed by atoms with Crippen molar-refractivity contribution < 1.29 is 14.3 Å². The minimum atomic E-state index is -0.584. The van der Waals surface area contributed by atoms with Crippen LogP contribution in [0.3, 0.4) is 0 Å². The Labute approximate surface area is 160 Å². The van der Waals surface area contributed by atoms with E-state index >= 15 is 0 Å². The quantitative estimate of drug-likeness (QED) is 0.658. The van der Waals surface area contributed by atoms with Gasteiger partial charge in [-0.1, -0.05) is 29.8 Å². The van der Waals surface area contributed by atoms with Gasteiger partial charge in [0.1, 0.15) is 0 Å². The number of methoxy groups -OCH3 is 1. The Morgan fingerprint density at radius 2 is 1.93 bits per heavy atom. The van der Waals surface area contributed by atoms with Crippen molar-refractivity contribution >= 4 is 40.1 Å². The third kappa shape index (κ3) is 4.35. The third-order valence-corrected chi connectivity index (χ3v) is 4.44. The number of pyridine rings is 1. The van der Waals surface area contributed by atoms with Gasteiger partial charge < -0.3 is 15.0 Å². The van der Waals surface area contributed by atoms with Crippen LogP contribution in [0.1, 0.15) is 22.3 Å². The van der Waals surface area contributed by atoms with Gasteiger partial charge in [0.25, 0.3) is 5.56 Å². The van der Waals surface area contributed by atoms with Crippen molar-refractivity contribution in [2.24, 2.45) is 0 Å². The number of aromatic amines is 1. The zero-order chi connectivity index (χ0) is 19.4. The first-order valence-electron chi connectivity index (χ1n) is 8.26. The molecule has 1 aromatic heterocycles. The predicted octanol–water partition coefficient (Wildman–Crippen LogP) is 3.54. The Morgan fingerprint density at radius 1 is 1.15 bits per heavy atom. The zero-order valence-corrected chi connectivity index (χ0v) is 15.3. The summed E-state index contributed by atoms with van der Waals surface area (Å²) in [7, 11) is 1.25. The minimum absolute atomic E-state index is 0.123. The number of aryl methyl sites for hydroxylation is 1. The summed E-state index contributed by atoms with van der Waals surface area (Å²) in [6.45, 7) is 0. The summed E-state index contributed by atoms with van der Waals surface area (Å²) in [6, 6.07) is 13.8. The minimum Gasteiger partial charge on any atom is -0.465 e. The second-order valence-electron chi connectivity index (χ2n) is 5.95. The Balaban J connectivity index is 1.69. The highest BCUT2D eigenvalue weighted by atomic mass is 35.5. The number of esters is 1. The average molecular weight is 385 g/mol. The van der Waals surface area contributed by atoms with Crippen molar-refractivity contribution in [3.05, 3.63) is 75.0 Å². The molecule has 138 valence electrons. The lowest BCUT2D eigenvalue weighted by molar-refractivity contribution is -0.116. The summed E-state index contributed by atoms with van der Waals surface area (Å²) in [4.78, 5) is 38.8. The van der Waals surface area contributed by atoms with Crippen molar-refractivity contribution in [3.8, 4) is 0 Å². The fraction of sp³-hybridized carbons (Fsp3) is 0.150. The maximum atomic E-state index is 12.2. The van der Waals surface area contributed by atoms with Gasteiger partial charge in [-0.25, -0.2) is 4.79 Å². The highest BCUT2D eigenvalue weighted by Crippen LogP contribution is 2.21. The molecule has 0 aliphatic rings.